The van der Waals surface area contributed by atoms with Gasteiger partial charge in [-0.15, -0.1) is 0 Å². The molecular weight excluding hydrogens is 539 g/mol. The third kappa shape index (κ3) is 5.19. The summed E-state index contributed by atoms with van der Waals surface area (Å²) in [6.45, 7) is 0.0671. The lowest BCUT2D eigenvalue weighted by atomic mass is 9.95. The number of carbonyl (C=O) groups excluding carboxylic acids is 2. The highest BCUT2D eigenvalue weighted by molar-refractivity contribution is 9.10. The number of halogens is 2. The molecule has 7 nitrogen and oxygen atoms in total. The first kappa shape index (κ1) is 24.8. The summed E-state index contributed by atoms with van der Waals surface area (Å²) in [4.78, 5) is 27.3. The van der Waals surface area contributed by atoms with Crippen LogP contribution in [0, 0.1) is 5.82 Å². The average Bonchev–Trinajstić information content (AvgIpc) is 3.07. The van der Waals surface area contributed by atoms with Crippen molar-refractivity contribution < 1.29 is 27.5 Å². The number of sulfonamides is 1. The fourth-order valence-electron chi connectivity index (χ4n) is 3.99. The zero-order valence-electron chi connectivity index (χ0n) is 18.2. The van der Waals surface area contributed by atoms with Gasteiger partial charge in [-0.1, -0.05) is 52.3 Å². The number of hydrogen-bond acceptors (Lipinski definition) is 5. The van der Waals surface area contributed by atoms with Crippen LogP contribution in [0.5, 0.6) is 0 Å². The summed E-state index contributed by atoms with van der Waals surface area (Å²) in [7, 11) is -3.84. The summed E-state index contributed by atoms with van der Waals surface area (Å²) in [5.41, 5.74) is 1.25. The van der Waals surface area contributed by atoms with Crippen molar-refractivity contribution in [2.75, 3.05) is 6.54 Å². The molecule has 1 saturated heterocycles. The van der Waals surface area contributed by atoms with Crippen molar-refractivity contribution in [3.05, 3.63) is 105 Å². The topological polar surface area (TPSA) is 118 Å². The van der Waals surface area contributed by atoms with E-state index in [9.17, 15) is 27.5 Å². The molecule has 35 heavy (non-hydrogen) atoms. The maximum absolute atomic E-state index is 14.1. The number of amides is 1. The van der Waals surface area contributed by atoms with E-state index < -0.39 is 33.6 Å². The van der Waals surface area contributed by atoms with Gasteiger partial charge in [-0.05, 0) is 53.9 Å². The molecule has 1 aliphatic rings. The van der Waals surface area contributed by atoms with Crippen LogP contribution in [0.15, 0.2) is 87.7 Å². The van der Waals surface area contributed by atoms with Gasteiger partial charge in [0.25, 0.3) is 11.7 Å². The van der Waals surface area contributed by atoms with Crippen LogP contribution in [0.1, 0.15) is 22.7 Å². The predicted octanol–water partition coefficient (Wildman–Crippen LogP) is 3.90. The molecule has 1 fully saturated rings. The number of benzene rings is 3. The van der Waals surface area contributed by atoms with Crippen LogP contribution in [0.4, 0.5) is 4.39 Å². The lowest BCUT2D eigenvalue weighted by Gasteiger charge is -2.25. The van der Waals surface area contributed by atoms with Crippen LogP contribution in [0.25, 0.3) is 5.76 Å². The number of nitrogens with two attached hydrogens (primary N) is 1. The Kier molecular flexibility index (Phi) is 6.88. The van der Waals surface area contributed by atoms with E-state index in [0.717, 1.165) is 4.47 Å². The normalized spacial score (nSPS) is 17.7. The van der Waals surface area contributed by atoms with Crippen molar-refractivity contribution in [3.8, 4) is 0 Å². The Morgan fingerprint density at radius 2 is 1.69 bits per heavy atom. The molecule has 1 atom stereocenters. The number of primary sulfonamides is 1. The van der Waals surface area contributed by atoms with Crippen molar-refractivity contribution in [1.29, 1.82) is 0 Å². The third-order valence-corrected chi connectivity index (χ3v) is 7.17. The van der Waals surface area contributed by atoms with Crippen molar-refractivity contribution in [2.24, 2.45) is 5.14 Å². The quantitative estimate of drug-likeness (QED) is 0.270. The minimum atomic E-state index is -3.84. The largest absolute Gasteiger partial charge is 0.507 e. The Balaban J connectivity index is 1.73. The van der Waals surface area contributed by atoms with E-state index in [-0.39, 0.29) is 29.2 Å². The van der Waals surface area contributed by atoms with Gasteiger partial charge in [0.05, 0.1) is 16.5 Å². The summed E-state index contributed by atoms with van der Waals surface area (Å²) in [5.74, 6) is -2.59. The van der Waals surface area contributed by atoms with Crippen LogP contribution in [0.2, 0.25) is 0 Å². The Labute approximate surface area is 209 Å². The molecule has 0 aliphatic carbocycles. The van der Waals surface area contributed by atoms with Crippen LogP contribution in [-0.2, 0) is 26.0 Å². The number of ketones is 1. The van der Waals surface area contributed by atoms with E-state index in [0.29, 0.717) is 16.7 Å². The number of Topliss-reactive ketones (excluding diaryl/α,β-unsaturated/α-hetero) is 1. The number of aliphatic hydroxyl groups is 1. The predicted molar refractivity (Wildman–Crippen MR) is 131 cm³/mol. The zero-order chi connectivity index (χ0) is 25.3. The number of nitrogens with zero attached hydrogens (tertiary/aromatic N) is 1. The van der Waals surface area contributed by atoms with E-state index in [1.165, 1.54) is 35.2 Å². The number of aliphatic hydroxyl groups excluding tert-OH is 1. The molecule has 0 aromatic heterocycles. The smallest absolute Gasteiger partial charge is 0.295 e. The molecule has 1 aliphatic heterocycles. The second kappa shape index (κ2) is 9.73. The van der Waals surface area contributed by atoms with E-state index in [2.05, 4.69) is 15.9 Å². The zero-order valence-corrected chi connectivity index (χ0v) is 20.6. The Morgan fingerprint density at radius 1 is 1.03 bits per heavy atom. The molecule has 0 unspecified atom stereocenters. The maximum Gasteiger partial charge on any atom is 0.295 e. The van der Waals surface area contributed by atoms with Crippen molar-refractivity contribution >= 4 is 43.4 Å². The second-order valence-corrected chi connectivity index (χ2v) is 10.5. The van der Waals surface area contributed by atoms with E-state index in [1.54, 1.807) is 42.5 Å². The molecule has 4 rings (SSSR count). The Hall–Kier alpha value is -3.34. The number of likely N-dealkylation sites (tertiary alicyclic amines) is 1. The van der Waals surface area contributed by atoms with Gasteiger partial charge >= 0.3 is 0 Å². The molecule has 1 heterocycles. The monoisotopic (exact) mass is 558 g/mol. The van der Waals surface area contributed by atoms with Gasteiger partial charge in [0.15, 0.2) is 0 Å². The first-order chi connectivity index (χ1) is 16.6. The first-order valence-electron chi connectivity index (χ1n) is 10.5. The lowest BCUT2D eigenvalue weighted by molar-refractivity contribution is -0.139. The highest BCUT2D eigenvalue weighted by Gasteiger charge is 2.45. The summed E-state index contributed by atoms with van der Waals surface area (Å²) in [6, 6.07) is 16.9. The number of carbonyl (C=O) groups is 2. The standard InChI is InChI=1S/C25H20BrFN2O5S/c26-18-8-6-16(7-9-18)23(30)21-22(17-2-1-3-19(27)14-17)29(25(32)24(21)31)13-12-15-4-10-20(11-5-15)35(28,33)34/h1-11,14,22,30H,12-13H2,(H2,28,33,34)/t22-/m0/s1. The average molecular weight is 559 g/mol. The number of rotatable bonds is 6. The number of hydrogen-bond donors (Lipinski definition) is 2. The SMILES string of the molecule is NS(=O)(=O)c1ccc(CCN2C(=O)C(=O)C(=C(O)c3ccc(Br)cc3)[C@@H]2c2cccc(F)c2)cc1. The van der Waals surface area contributed by atoms with Gasteiger partial charge in [-0.2, -0.15) is 0 Å². The molecule has 1 amide bonds. The van der Waals surface area contributed by atoms with Gasteiger partial charge in [0.2, 0.25) is 10.0 Å². The van der Waals surface area contributed by atoms with Gasteiger partial charge in [0.1, 0.15) is 11.6 Å². The summed E-state index contributed by atoms with van der Waals surface area (Å²) < 4.78 is 37.8. The molecule has 0 radical (unpaired) electrons. The molecular formula is C25H20BrFN2O5S. The summed E-state index contributed by atoms with van der Waals surface area (Å²) >= 11 is 3.31. The Bertz CT molecular complexity index is 1440. The maximum atomic E-state index is 14.1. The summed E-state index contributed by atoms with van der Waals surface area (Å²) in [6.07, 6.45) is 0.280. The molecule has 3 aromatic rings. The molecule has 0 saturated carbocycles. The minimum Gasteiger partial charge on any atom is -0.507 e. The molecule has 0 bridgehead atoms. The van der Waals surface area contributed by atoms with Crippen LogP contribution in [0.3, 0.4) is 0 Å². The highest BCUT2D eigenvalue weighted by Crippen LogP contribution is 2.39. The molecule has 0 spiro atoms. The summed E-state index contributed by atoms with van der Waals surface area (Å²) in [5, 5.41) is 16.1. The van der Waals surface area contributed by atoms with Crippen molar-refractivity contribution in [3.63, 3.8) is 0 Å². The first-order valence-corrected chi connectivity index (χ1v) is 12.8. The molecule has 3 aromatic carbocycles. The second-order valence-electron chi connectivity index (χ2n) is 7.99. The van der Waals surface area contributed by atoms with Crippen LogP contribution in [-0.4, -0.2) is 36.7 Å². The highest BCUT2D eigenvalue weighted by atomic mass is 79.9. The molecule has 3 N–H and O–H groups in total. The molecule has 10 heteroatoms. The van der Waals surface area contributed by atoms with Gasteiger partial charge < -0.3 is 10.0 Å². The van der Waals surface area contributed by atoms with Gasteiger partial charge in [-0.25, -0.2) is 17.9 Å². The fraction of sp³-hybridized carbons (Fsp3) is 0.120. The van der Waals surface area contributed by atoms with Crippen LogP contribution >= 0.6 is 15.9 Å². The van der Waals surface area contributed by atoms with Crippen LogP contribution < -0.4 is 5.14 Å². The third-order valence-electron chi connectivity index (χ3n) is 5.72. The fourth-order valence-corrected chi connectivity index (χ4v) is 4.77. The lowest BCUT2D eigenvalue weighted by Crippen LogP contribution is -2.31. The van der Waals surface area contributed by atoms with E-state index >= 15 is 0 Å². The molecule has 180 valence electrons. The van der Waals surface area contributed by atoms with Crippen molar-refractivity contribution in [1.82, 2.24) is 4.90 Å². The van der Waals surface area contributed by atoms with E-state index in [4.69, 9.17) is 5.14 Å². The minimum absolute atomic E-state index is 0.0454. The van der Waals surface area contributed by atoms with Crippen molar-refractivity contribution in [2.45, 2.75) is 17.4 Å². The van der Waals surface area contributed by atoms with E-state index in [1.807, 2.05) is 0 Å². The van der Waals surface area contributed by atoms with Gasteiger partial charge in [0, 0.05) is 16.6 Å². The van der Waals surface area contributed by atoms with Gasteiger partial charge in [-0.3, -0.25) is 9.59 Å². The Morgan fingerprint density at radius 3 is 2.29 bits per heavy atom.